The number of sulfonamides is 1. The first kappa shape index (κ1) is 24.5. The molecule has 1 heterocycles. The molecule has 4 rings (SSSR count). The normalized spacial score (nSPS) is 25.7. The van der Waals surface area contributed by atoms with E-state index in [4.69, 9.17) is 0 Å². The van der Waals surface area contributed by atoms with E-state index < -0.39 is 10.0 Å². The summed E-state index contributed by atoms with van der Waals surface area (Å²) in [4.78, 5) is 18.0. The predicted octanol–water partition coefficient (Wildman–Crippen LogP) is 3.62. The predicted molar refractivity (Wildman–Crippen MR) is 133 cm³/mol. The molecule has 7 nitrogen and oxygen atoms in total. The second kappa shape index (κ2) is 10.3. The number of nitrogens with one attached hydrogen (secondary N) is 1. The second-order valence-electron chi connectivity index (χ2n) is 9.88. The molecular weight excluding hydrogens is 436 g/mol. The number of rotatable bonds is 9. The summed E-state index contributed by atoms with van der Waals surface area (Å²) in [5, 5.41) is 3.13. The summed E-state index contributed by atoms with van der Waals surface area (Å²) in [5.74, 6) is 1.98. The van der Waals surface area contributed by atoms with Gasteiger partial charge in [-0.25, -0.2) is 8.42 Å². The van der Waals surface area contributed by atoms with Crippen molar-refractivity contribution in [3.63, 3.8) is 0 Å². The first-order valence-corrected chi connectivity index (χ1v) is 14.2. The number of hydrogen-bond acceptors (Lipinski definition) is 5. The van der Waals surface area contributed by atoms with Crippen LogP contribution in [0.3, 0.4) is 0 Å². The first-order valence-electron chi connectivity index (χ1n) is 12.8. The molecule has 0 spiro atoms. The molecule has 2 bridgehead atoms. The van der Waals surface area contributed by atoms with Gasteiger partial charge in [0.1, 0.15) is 0 Å². The Kier molecular flexibility index (Phi) is 7.66. The van der Waals surface area contributed by atoms with Crippen molar-refractivity contribution < 1.29 is 13.2 Å². The molecule has 3 fully saturated rings. The third-order valence-electron chi connectivity index (χ3n) is 8.08. The molecule has 0 radical (unpaired) electrons. The molecule has 1 saturated heterocycles. The highest BCUT2D eigenvalue weighted by molar-refractivity contribution is 7.89. The van der Waals surface area contributed by atoms with Crippen LogP contribution in [0, 0.1) is 17.8 Å². The number of nitrogens with zero attached hydrogens (tertiary/aromatic N) is 3. The first-order chi connectivity index (χ1) is 15.8. The van der Waals surface area contributed by atoms with Crippen LogP contribution in [0.15, 0.2) is 23.1 Å². The lowest BCUT2D eigenvalue weighted by atomic mass is 9.86. The lowest BCUT2D eigenvalue weighted by molar-refractivity contribution is -0.117. The minimum absolute atomic E-state index is 0.0124. The van der Waals surface area contributed by atoms with Gasteiger partial charge in [-0.3, -0.25) is 4.79 Å². The number of carbonyl (C=O) groups excluding carboxylic acids is 1. The third kappa shape index (κ3) is 5.23. The Hall–Kier alpha value is -1.64. The molecule has 1 amide bonds. The zero-order chi connectivity index (χ0) is 23.6. The third-order valence-corrected chi connectivity index (χ3v) is 10.1. The van der Waals surface area contributed by atoms with Crippen LogP contribution >= 0.6 is 0 Å². The van der Waals surface area contributed by atoms with E-state index in [1.807, 2.05) is 19.9 Å². The molecule has 2 saturated carbocycles. The van der Waals surface area contributed by atoms with Crippen LogP contribution in [-0.4, -0.2) is 69.3 Å². The van der Waals surface area contributed by atoms with Gasteiger partial charge in [0, 0.05) is 45.7 Å². The van der Waals surface area contributed by atoms with Gasteiger partial charge in [0.25, 0.3) is 0 Å². The van der Waals surface area contributed by atoms with Gasteiger partial charge in [-0.2, -0.15) is 4.31 Å². The number of anilines is 2. The highest BCUT2D eigenvalue weighted by Gasteiger charge is 2.40. The van der Waals surface area contributed by atoms with Gasteiger partial charge >= 0.3 is 0 Å². The Balaban J connectivity index is 1.57. The van der Waals surface area contributed by atoms with Crippen molar-refractivity contribution in [1.29, 1.82) is 0 Å². The van der Waals surface area contributed by atoms with Crippen molar-refractivity contribution >= 4 is 27.3 Å². The number of fused-ring (bicyclic) bond motifs is 2. The maximum Gasteiger partial charge on any atom is 0.243 e. The molecule has 1 aromatic rings. The Morgan fingerprint density at radius 3 is 2.36 bits per heavy atom. The fourth-order valence-electron chi connectivity index (χ4n) is 6.13. The van der Waals surface area contributed by atoms with Crippen LogP contribution in [0.25, 0.3) is 0 Å². The van der Waals surface area contributed by atoms with E-state index >= 15 is 0 Å². The van der Waals surface area contributed by atoms with Gasteiger partial charge < -0.3 is 15.1 Å². The smallest absolute Gasteiger partial charge is 0.243 e. The van der Waals surface area contributed by atoms with Gasteiger partial charge in [0.05, 0.1) is 16.3 Å². The molecule has 1 aliphatic heterocycles. The number of piperazine rings is 1. The van der Waals surface area contributed by atoms with Crippen molar-refractivity contribution in [1.82, 2.24) is 9.21 Å². The zero-order valence-corrected chi connectivity index (χ0v) is 21.2. The lowest BCUT2D eigenvalue weighted by Gasteiger charge is -2.36. The van der Waals surface area contributed by atoms with Gasteiger partial charge in [0.2, 0.25) is 15.9 Å². The van der Waals surface area contributed by atoms with Crippen molar-refractivity contribution in [2.75, 3.05) is 56.0 Å². The lowest BCUT2D eigenvalue weighted by Crippen LogP contribution is -2.46. The van der Waals surface area contributed by atoms with E-state index in [1.165, 1.54) is 30.0 Å². The van der Waals surface area contributed by atoms with Crippen LogP contribution < -0.4 is 10.2 Å². The Morgan fingerprint density at radius 1 is 1.06 bits per heavy atom. The number of likely N-dealkylation sites (N-methyl/N-ethyl adjacent to an activating group) is 1. The molecule has 3 atom stereocenters. The fraction of sp³-hybridized carbons (Fsp3) is 0.720. The van der Waals surface area contributed by atoms with Gasteiger partial charge in [-0.1, -0.05) is 27.2 Å². The summed E-state index contributed by atoms with van der Waals surface area (Å²) in [7, 11) is -3.59. The molecule has 0 aromatic heterocycles. The van der Waals surface area contributed by atoms with Crippen molar-refractivity contribution in [3.8, 4) is 0 Å². The Morgan fingerprint density at radius 2 is 1.79 bits per heavy atom. The SMILES string of the molecule is CCN1CCN(c2ccc(S(=O)(=O)N(CC)CC)cc2NC(=O)C[C@@H]2C[C@H]3CC[C@@H]2C3)CC1. The van der Waals surface area contributed by atoms with E-state index in [2.05, 4.69) is 22.0 Å². The molecule has 1 N–H and O–H groups in total. The van der Waals surface area contributed by atoms with E-state index in [0.717, 1.165) is 44.3 Å². The summed E-state index contributed by atoms with van der Waals surface area (Å²) in [6.07, 6.45) is 5.56. The minimum Gasteiger partial charge on any atom is -0.367 e. The Bertz CT molecular complexity index is 939. The van der Waals surface area contributed by atoms with Crippen LogP contribution in [-0.2, 0) is 14.8 Å². The van der Waals surface area contributed by atoms with Gasteiger partial charge in [-0.05, 0) is 61.8 Å². The van der Waals surface area contributed by atoms with Crippen LogP contribution in [0.5, 0.6) is 0 Å². The van der Waals surface area contributed by atoms with Crippen LogP contribution in [0.4, 0.5) is 11.4 Å². The number of hydrogen-bond donors (Lipinski definition) is 1. The summed E-state index contributed by atoms with van der Waals surface area (Å²) < 4.78 is 27.8. The van der Waals surface area contributed by atoms with Crippen molar-refractivity contribution in [3.05, 3.63) is 18.2 Å². The van der Waals surface area contributed by atoms with E-state index in [0.29, 0.717) is 37.0 Å². The monoisotopic (exact) mass is 476 g/mol. The summed E-state index contributed by atoms with van der Waals surface area (Å²) >= 11 is 0. The summed E-state index contributed by atoms with van der Waals surface area (Å²) in [6, 6.07) is 5.25. The highest BCUT2D eigenvalue weighted by atomic mass is 32.2. The zero-order valence-electron chi connectivity index (χ0n) is 20.4. The molecule has 3 aliphatic rings. The van der Waals surface area contributed by atoms with E-state index in [1.54, 1.807) is 12.1 Å². The summed E-state index contributed by atoms with van der Waals surface area (Å²) in [5.41, 5.74) is 1.55. The minimum atomic E-state index is -3.59. The molecular formula is C25H40N4O3S. The fourth-order valence-corrected chi connectivity index (χ4v) is 7.62. The van der Waals surface area contributed by atoms with E-state index in [-0.39, 0.29) is 10.8 Å². The topological polar surface area (TPSA) is 73.0 Å². The van der Waals surface area contributed by atoms with E-state index in [9.17, 15) is 13.2 Å². The van der Waals surface area contributed by atoms with Crippen molar-refractivity contribution in [2.24, 2.45) is 17.8 Å². The molecule has 0 unspecified atom stereocenters. The molecule has 1 aromatic carbocycles. The molecule has 33 heavy (non-hydrogen) atoms. The van der Waals surface area contributed by atoms with Gasteiger partial charge in [-0.15, -0.1) is 0 Å². The Labute approximate surface area is 199 Å². The van der Waals surface area contributed by atoms with Crippen LogP contribution in [0.2, 0.25) is 0 Å². The number of carbonyl (C=O) groups is 1. The molecule has 8 heteroatoms. The quantitative estimate of drug-likeness (QED) is 0.589. The summed E-state index contributed by atoms with van der Waals surface area (Å²) in [6.45, 7) is 11.4. The van der Waals surface area contributed by atoms with Crippen molar-refractivity contribution in [2.45, 2.75) is 57.8 Å². The van der Waals surface area contributed by atoms with Crippen LogP contribution in [0.1, 0.15) is 52.9 Å². The number of benzene rings is 1. The largest absolute Gasteiger partial charge is 0.367 e. The van der Waals surface area contributed by atoms with Gasteiger partial charge in [0.15, 0.2) is 0 Å². The second-order valence-corrected chi connectivity index (χ2v) is 11.8. The average molecular weight is 477 g/mol. The molecule has 2 aliphatic carbocycles. The maximum absolute atomic E-state index is 13.2. The highest BCUT2D eigenvalue weighted by Crippen LogP contribution is 2.49. The maximum atomic E-state index is 13.2. The molecule has 184 valence electrons. The average Bonchev–Trinajstić information content (AvgIpc) is 3.43. The standard InChI is InChI=1S/C25H40N4O3S/c1-4-27-11-13-28(14-12-27)24-10-9-22(33(31,32)29(5-2)6-3)18-23(24)26-25(30)17-21-16-19-7-8-20(21)15-19/h9-10,18-21H,4-8,11-17H2,1-3H3,(H,26,30)/t19-,20+,21-/m0/s1. The number of amides is 1.